The van der Waals surface area contributed by atoms with Gasteiger partial charge in [-0.05, 0) is 55.2 Å². The van der Waals surface area contributed by atoms with E-state index in [9.17, 15) is 0 Å². The normalized spacial score (nSPS) is 25.7. The summed E-state index contributed by atoms with van der Waals surface area (Å²) in [7, 11) is 1.67. The topological polar surface area (TPSA) is 31.0 Å². The van der Waals surface area contributed by atoms with Gasteiger partial charge in [-0.3, -0.25) is 0 Å². The molecule has 1 aliphatic heterocycles. The highest BCUT2D eigenvalue weighted by molar-refractivity contribution is 5.56. The van der Waals surface area contributed by atoms with Crippen molar-refractivity contribution < 1.29 is 14.2 Å². The van der Waals surface area contributed by atoms with Crippen molar-refractivity contribution >= 4 is 6.08 Å². The molecule has 2 atom stereocenters. The van der Waals surface area contributed by atoms with Crippen molar-refractivity contribution in [1.29, 1.82) is 0 Å². The third-order valence-corrected chi connectivity index (χ3v) is 4.88. The van der Waals surface area contributed by atoms with E-state index in [1.54, 1.807) is 7.11 Å². The molecule has 0 bridgehead atoms. The Morgan fingerprint density at radius 3 is 2.50 bits per heavy atom. The third-order valence-electron chi connectivity index (χ3n) is 4.88. The average molecular weight is 322 g/mol. The average Bonchev–Trinajstić information content (AvgIpc) is 3.39. The van der Waals surface area contributed by atoms with Crippen molar-refractivity contribution in [3.05, 3.63) is 65.9 Å². The van der Waals surface area contributed by atoms with Crippen LogP contribution < -0.4 is 9.47 Å². The first-order chi connectivity index (χ1) is 11.8. The number of epoxide rings is 1. The Bertz CT molecular complexity index is 721. The minimum Gasteiger partial charge on any atom is -0.497 e. The van der Waals surface area contributed by atoms with Gasteiger partial charge in [0.1, 0.15) is 17.3 Å². The predicted molar refractivity (Wildman–Crippen MR) is 94.1 cm³/mol. The molecule has 0 unspecified atom stereocenters. The van der Waals surface area contributed by atoms with E-state index in [1.165, 1.54) is 12.8 Å². The van der Waals surface area contributed by atoms with Crippen LogP contribution in [0.3, 0.4) is 0 Å². The molecule has 1 aliphatic carbocycles. The molecule has 4 rings (SSSR count). The van der Waals surface area contributed by atoms with Gasteiger partial charge >= 0.3 is 0 Å². The van der Waals surface area contributed by atoms with Crippen molar-refractivity contribution in [1.82, 2.24) is 0 Å². The molecule has 124 valence electrons. The Kier molecular flexibility index (Phi) is 4.03. The van der Waals surface area contributed by atoms with Gasteiger partial charge in [0.2, 0.25) is 0 Å². The van der Waals surface area contributed by atoms with Crippen LogP contribution in [0.1, 0.15) is 31.2 Å². The van der Waals surface area contributed by atoms with Gasteiger partial charge in [0.25, 0.3) is 0 Å². The second-order valence-corrected chi connectivity index (χ2v) is 6.44. The highest BCUT2D eigenvalue weighted by atomic mass is 16.6. The maximum Gasteiger partial charge on any atom is 0.152 e. The number of methoxy groups -OCH3 is 1. The summed E-state index contributed by atoms with van der Waals surface area (Å²) in [5, 5.41) is 0. The molecular weight excluding hydrogens is 300 g/mol. The molecule has 1 saturated heterocycles. The van der Waals surface area contributed by atoms with E-state index in [4.69, 9.17) is 14.2 Å². The van der Waals surface area contributed by atoms with E-state index in [0.29, 0.717) is 6.10 Å². The molecule has 0 radical (unpaired) electrons. The first-order valence-electron chi connectivity index (χ1n) is 8.57. The highest BCUT2D eigenvalue weighted by Crippen LogP contribution is 2.53. The summed E-state index contributed by atoms with van der Waals surface area (Å²) in [6.07, 6.45) is 7.02. The third kappa shape index (κ3) is 2.92. The fourth-order valence-electron chi connectivity index (χ4n) is 3.50. The maximum absolute atomic E-state index is 6.28. The Hall–Kier alpha value is -2.26. The molecule has 2 aliphatic rings. The molecule has 3 nitrogen and oxygen atoms in total. The zero-order valence-corrected chi connectivity index (χ0v) is 13.9. The summed E-state index contributed by atoms with van der Waals surface area (Å²) in [5.74, 6) is 2.56. The van der Waals surface area contributed by atoms with E-state index in [1.807, 2.05) is 42.5 Å². The number of ether oxygens (including phenoxy) is 3. The Morgan fingerprint density at radius 1 is 1.04 bits per heavy atom. The largest absolute Gasteiger partial charge is 0.497 e. The molecule has 1 heterocycles. The fraction of sp³-hybridized carbons (Fsp3) is 0.333. The lowest BCUT2D eigenvalue weighted by molar-refractivity contribution is 0.250. The number of benzene rings is 2. The summed E-state index contributed by atoms with van der Waals surface area (Å²) >= 11 is 0. The maximum atomic E-state index is 6.28. The standard InChI is InChI=1S/C21H22O3/c1-22-17-10-12-18(13-11-17)23-20(15-16-7-3-2-4-8-16)21-14-6-5-9-19(21)24-21/h2-4,7-8,10-13,15,19H,5-6,9,14H2,1H3/b20-15-/t19-,21+/m1/s1. The van der Waals surface area contributed by atoms with Crippen molar-refractivity contribution in [2.75, 3.05) is 7.11 Å². The summed E-state index contributed by atoms with van der Waals surface area (Å²) in [4.78, 5) is 0. The van der Waals surface area contributed by atoms with E-state index in [0.717, 1.165) is 35.7 Å². The fourth-order valence-corrected chi connectivity index (χ4v) is 3.50. The van der Waals surface area contributed by atoms with Gasteiger partial charge in [-0.25, -0.2) is 0 Å². The lowest BCUT2D eigenvalue weighted by Gasteiger charge is -2.21. The SMILES string of the molecule is COc1ccc(O/C(=C\c2ccccc2)[C@]23CCCC[C@H]2O3)cc1. The zero-order chi connectivity index (χ0) is 16.4. The summed E-state index contributed by atoms with van der Waals surface area (Å²) in [6.45, 7) is 0. The van der Waals surface area contributed by atoms with Gasteiger partial charge in [-0.15, -0.1) is 0 Å². The van der Waals surface area contributed by atoms with Gasteiger partial charge in [0.15, 0.2) is 5.60 Å². The summed E-state index contributed by atoms with van der Waals surface area (Å²) in [5.41, 5.74) is 0.906. The second kappa shape index (κ2) is 6.33. The van der Waals surface area contributed by atoms with Crippen molar-refractivity contribution in [3.63, 3.8) is 0 Å². The van der Waals surface area contributed by atoms with Crippen LogP contribution in [-0.4, -0.2) is 18.8 Å². The summed E-state index contributed by atoms with van der Waals surface area (Å²) < 4.78 is 17.6. The lowest BCUT2D eigenvalue weighted by Crippen LogP contribution is -2.25. The van der Waals surface area contributed by atoms with Gasteiger partial charge < -0.3 is 14.2 Å². The molecule has 0 aromatic heterocycles. The molecule has 2 aromatic carbocycles. The van der Waals surface area contributed by atoms with Crippen LogP contribution in [0.5, 0.6) is 11.5 Å². The van der Waals surface area contributed by atoms with Crippen LogP contribution >= 0.6 is 0 Å². The Balaban J connectivity index is 1.64. The van der Waals surface area contributed by atoms with E-state index in [-0.39, 0.29) is 5.60 Å². The number of hydrogen-bond donors (Lipinski definition) is 0. The predicted octanol–water partition coefficient (Wildman–Crippen LogP) is 4.83. The van der Waals surface area contributed by atoms with Crippen LogP contribution in [0.25, 0.3) is 6.08 Å². The highest BCUT2D eigenvalue weighted by Gasteiger charge is 2.61. The van der Waals surface area contributed by atoms with E-state index in [2.05, 4.69) is 18.2 Å². The molecule has 2 fully saturated rings. The molecule has 1 saturated carbocycles. The molecule has 24 heavy (non-hydrogen) atoms. The molecule has 2 aromatic rings. The molecule has 0 N–H and O–H groups in total. The van der Waals surface area contributed by atoms with Crippen LogP contribution in [0.4, 0.5) is 0 Å². The number of fused-ring (bicyclic) bond motifs is 1. The Morgan fingerprint density at radius 2 is 1.79 bits per heavy atom. The van der Waals surface area contributed by atoms with Crippen LogP contribution in [0.2, 0.25) is 0 Å². The summed E-state index contributed by atoms with van der Waals surface area (Å²) in [6, 6.07) is 18.0. The minimum absolute atomic E-state index is 0.228. The molecule has 3 heteroatoms. The van der Waals surface area contributed by atoms with Gasteiger partial charge in [-0.2, -0.15) is 0 Å². The van der Waals surface area contributed by atoms with Crippen molar-refractivity contribution in [2.24, 2.45) is 0 Å². The molecular formula is C21H22O3. The van der Waals surface area contributed by atoms with Crippen LogP contribution in [-0.2, 0) is 4.74 Å². The van der Waals surface area contributed by atoms with Crippen LogP contribution in [0.15, 0.2) is 60.4 Å². The van der Waals surface area contributed by atoms with E-state index >= 15 is 0 Å². The zero-order valence-electron chi connectivity index (χ0n) is 13.9. The quantitative estimate of drug-likeness (QED) is 0.584. The van der Waals surface area contributed by atoms with Gasteiger partial charge in [0.05, 0.1) is 13.2 Å². The smallest absolute Gasteiger partial charge is 0.152 e. The number of rotatable bonds is 5. The van der Waals surface area contributed by atoms with Gasteiger partial charge in [0, 0.05) is 0 Å². The van der Waals surface area contributed by atoms with Crippen LogP contribution in [0, 0.1) is 0 Å². The lowest BCUT2D eigenvalue weighted by atomic mass is 9.87. The van der Waals surface area contributed by atoms with E-state index < -0.39 is 0 Å². The second-order valence-electron chi connectivity index (χ2n) is 6.44. The first-order valence-corrected chi connectivity index (χ1v) is 8.57. The molecule has 0 spiro atoms. The monoisotopic (exact) mass is 322 g/mol. The molecule has 0 amide bonds. The number of hydrogen-bond acceptors (Lipinski definition) is 3. The van der Waals surface area contributed by atoms with Crippen molar-refractivity contribution in [3.8, 4) is 11.5 Å². The Labute approximate surface area is 142 Å². The first kappa shape index (κ1) is 15.3. The van der Waals surface area contributed by atoms with Crippen molar-refractivity contribution in [2.45, 2.75) is 37.4 Å². The van der Waals surface area contributed by atoms with Gasteiger partial charge in [-0.1, -0.05) is 36.8 Å². The minimum atomic E-state index is -0.228.